The van der Waals surface area contributed by atoms with Gasteiger partial charge in [-0.25, -0.2) is 0 Å². The average molecular weight is 228 g/mol. The third-order valence-electron chi connectivity index (χ3n) is 2.32. The van der Waals surface area contributed by atoms with Crippen LogP contribution in [0.1, 0.15) is 6.92 Å². The molecule has 2 N–H and O–H groups in total. The number of aromatic amines is 1. The molecule has 0 aliphatic carbocycles. The van der Waals surface area contributed by atoms with E-state index in [0.717, 1.165) is 16.8 Å². The van der Waals surface area contributed by atoms with E-state index in [-0.39, 0.29) is 11.5 Å². The first-order valence-corrected chi connectivity index (χ1v) is 5.22. The Morgan fingerprint density at radius 3 is 2.24 bits per heavy atom. The van der Waals surface area contributed by atoms with Crippen molar-refractivity contribution in [2.75, 3.05) is 5.32 Å². The number of hydrogen-bond acceptors (Lipinski definition) is 2. The molecule has 4 heteroatoms. The van der Waals surface area contributed by atoms with Gasteiger partial charge in [0.2, 0.25) is 11.5 Å². The number of H-pyrrole nitrogens is 1. The van der Waals surface area contributed by atoms with Crippen molar-refractivity contribution in [1.29, 1.82) is 0 Å². The molecule has 2 aromatic rings. The van der Waals surface area contributed by atoms with E-state index in [1.807, 2.05) is 24.3 Å². The molecule has 0 aliphatic heterocycles. The average Bonchev–Trinajstić information content (AvgIpc) is 2.30. The molecule has 1 amide bonds. The van der Waals surface area contributed by atoms with Crippen LogP contribution in [0.4, 0.5) is 5.69 Å². The summed E-state index contributed by atoms with van der Waals surface area (Å²) < 4.78 is 0. The molecule has 0 atom stereocenters. The second kappa shape index (κ2) is 4.65. The fourth-order valence-corrected chi connectivity index (χ4v) is 1.54. The normalized spacial score (nSPS) is 9.94. The van der Waals surface area contributed by atoms with Crippen molar-refractivity contribution in [1.82, 2.24) is 4.98 Å². The first kappa shape index (κ1) is 11.1. The molecule has 2 rings (SSSR count). The van der Waals surface area contributed by atoms with Crippen LogP contribution >= 0.6 is 0 Å². The fourth-order valence-electron chi connectivity index (χ4n) is 1.54. The third-order valence-corrected chi connectivity index (χ3v) is 2.32. The fraction of sp³-hybridized carbons (Fsp3) is 0.0769. The van der Waals surface area contributed by atoms with Crippen LogP contribution in [0.5, 0.6) is 0 Å². The Morgan fingerprint density at radius 1 is 1.06 bits per heavy atom. The zero-order chi connectivity index (χ0) is 12.3. The molecule has 0 radical (unpaired) electrons. The Kier molecular flexibility index (Phi) is 3.05. The van der Waals surface area contributed by atoms with Gasteiger partial charge in [0.1, 0.15) is 0 Å². The smallest absolute Gasteiger partial charge is 0.247 e. The van der Waals surface area contributed by atoms with Gasteiger partial charge in [0, 0.05) is 24.9 Å². The van der Waals surface area contributed by atoms with Gasteiger partial charge in [-0.15, -0.1) is 0 Å². The highest BCUT2D eigenvalue weighted by molar-refractivity contribution is 5.88. The Morgan fingerprint density at radius 2 is 1.71 bits per heavy atom. The Labute approximate surface area is 98.3 Å². The lowest BCUT2D eigenvalue weighted by Gasteiger charge is -2.04. The molecule has 1 heterocycles. The summed E-state index contributed by atoms with van der Waals surface area (Å²) in [5, 5.41) is 2.70. The molecule has 0 unspecified atom stereocenters. The number of aromatic nitrogens is 1. The SMILES string of the molecule is CC(=O)Nc1ccc(-c2ccc(=O)[nH]c2)cc1. The summed E-state index contributed by atoms with van der Waals surface area (Å²) in [6.45, 7) is 1.47. The van der Waals surface area contributed by atoms with Gasteiger partial charge in [0.25, 0.3) is 0 Å². The van der Waals surface area contributed by atoms with E-state index in [2.05, 4.69) is 10.3 Å². The van der Waals surface area contributed by atoms with E-state index in [1.165, 1.54) is 13.0 Å². The summed E-state index contributed by atoms with van der Waals surface area (Å²) in [4.78, 5) is 24.4. The van der Waals surface area contributed by atoms with Crippen LogP contribution in [0, 0.1) is 0 Å². The monoisotopic (exact) mass is 228 g/mol. The maximum atomic E-state index is 10.9. The van der Waals surface area contributed by atoms with Crippen LogP contribution in [0.15, 0.2) is 47.4 Å². The quantitative estimate of drug-likeness (QED) is 0.825. The lowest BCUT2D eigenvalue weighted by molar-refractivity contribution is -0.114. The number of carbonyl (C=O) groups excluding carboxylic acids is 1. The standard InChI is InChI=1S/C13H12N2O2/c1-9(16)15-12-5-2-10(3-6-12)11-4-7-13(17)14-8-11/h2-8H,1H3,(H,14,17)(H,15,16). The first-order valence-electron chi connectivity index (χ1n) is 5.22. The number of carbonyl (C=O) groups is 1. The van der Waals surface area contributed by atoms with Gasteiger partial charge in [-0.3, -0.25) is 9.59 Å². The summed E-state index contributed by atoms with van der Waals surface area (Å²) in [6.07, 6.45) is 1.66. The highest BCUT2D eigenvalue weighted by atomic mass is 16.1. The molecule has 0 fully saturated rings. The zero-order valence-electron chi connectivity index (χ0n) is 9.36. The third kappa shape index (κ3) is 2.81. The van der Waals surface area contributed by atoms with Gasteiger partial charge in [0.05, 0.1) is 0 Å². The number of hydrogen-bond donors (Lipinski definition) is 2. The van der Waals surface area contributed by atoms with Crippen molar-refractivity contribution >= 4 is 11.6 Å². The summed E-state index contributed by atoms with van der Waals surface area (Å²) in [5.74, 6) is -0.0956. The predicted octanol–water partition coefficient (Wildman–Crippen LogP) is 2.00. The first-order chi connectivity index (χ1) is 8.15. The van der Waals surface area contributed by atoms with E-state index < -0.39 is 0 Å². The molecule has 4 nitrogen and oxygen atoms in total. The topological polar surface area (TPSA) is 62.0 Å². The van der Waals surface area contributed by atoms with E-state index in [4.69, 9.17) is 0 Å². The van der Waals surface area contributed by atoms with Gasteiger partial charge < -0.3 is 10.3 Å². The molecule has 0 saturated heterocycles. The van der Waals surface area contributed by atoms with Crippen LogP contribution in [0.3, 0.4) is 0 Å². The van der Waals surface area contributed by atoms with Crippen molar-refractivity contribution in [2.45, 2.75) is 6.92 Å². The molecule has 0 saturated carbocycles. The van der Waals surface area contributed by atoms with Crippen molar-refractivity contribution < 1.29 is 4.79 Å². The van der Waals surface area contributed by atoms with Crippen molar-refractivity contribution in [3.63, 3.8) is 0 Å². The highest BCUT2D eigenvalue weighted by Crippen LogP contribution is 2.19. The molecule has 0 spiro atoms. The summed E-state index contributed by atoms with van der Waals surface area (Å²) >= 11 is 0. The number of anilines is 1. The van der Waals surface area contributed by atoms with Gasteiger partial charge in [-0.2, -0.15) is 0 Å². The minimum absolute atomic E-state index is 0.0956. The Balaban J connectivity index is 2.26. The van der Waals surface area contributed by atoms with Gasteiger partial charge >= 0.3 is 0 Å². The lowest BCUT2D eigenvalue weighted by atomic mass is 10.1. The van der Waals surface area contributed by atoms with Crippen LogP contribution < -0.4 is 10.9 Å². The molecule has 86 valence electrons. The van der Waals surface area contributed by atoms with Crippen LogP contribution in [-0.4, -0.2) is 10.9 Å². The van der Waals surface area contributed by atoms with Gasteiger partial charge in [-0.1, -0.05) is 12.1 Å². The van der Waals surface area contributed by atoms with Crippen LogP contribution in [0.2, 0.25) is 0 Å². The maximum absolute atomic E-state index is 10.9. The molecular formula is C13H12N2O2. The molecule has 0 bridgehead atoms. The number of benzene rings is 1. The summed E-state index contributed by atoms with van der Waals surface area (Å²) in [7, 11) is 0. The zero-order valence-corrected chi connectivity index (χ0v) is 9.36. The number of amides is 1. The molecule has 1 aromatic carbocycles. The summed E-state index contributed by atoms with van der Waals surface area (Å²) in [5.41, 5.74) is 2.55. The van der Waals surface area contributed by atoms with E-state index in [9.17, 15) is 9.59 Å². The van der Waals surface area contributed by atoms with Crippen LogP contribution in [-0.2, 0) is 4.79 Å². The Bertz CT molecular complexity index is 565. The molecular weight excluding hydrogens is 216 g/mol. The minimum Gasteiger partial charge on any atom is -0.328 e. The minimum atomic E-state index is -0.122. The van der Waals surface area contributed by atoms with Crippen molar-refractivity contribution in [2.24, 2.45) is 0 Å². The van der Waals surface area contributed by atoms with E-state index >= 15 is 0 Å². The lowest BCUT2D eigenvalue weighted by Crippen LogP contribution is -2.05. The van der Waals surface area contributed by atoms with E-state index in [1.54, 1.807) is 12.3 Å². The molecule has 17 heavy (non-hydrogen) atoms. The highest BCUT2D eigenvalue weighted by Gasteiger charge is 1.99. The number of pyridine rings is 1. The maximum Gasteiger partial charge on any atom is 0.247 e. The van der Waals surface area contributed by atoms with E-state index in [0.29, 0.717) is 0 Å². The molecule has 0 aliphatic rings. The van der Waals surface area contributed by atoms with Gasteiger partial charge in [-0.05, 0) is 29.3 Å². The number of rotatable bonds is 2. The van der Waals surface area contributed by atoms with Crippen LogP contribution in [0.25, 0.3) is 11.1 Å². The Hall–Kier alpha value is -2.36. The summed E-state index contributed by atoms with van der Waals surface area (Å²) in [6, 6.07) is 10.7. The van der Waals surface area contributed by atoms with Gasteiger partial charge in [0.15, 0.2) is 0 Å². The molecule has 1 aromatic heterocycles. The largest absolute Gasteiger partial charge is 0.328 e. The number of nitrogens with one attached hydrogen (secondary N) is 2. The second-order valence-electron chi connectivity index (χ2n) is 3.70. The van der Waals surface area contributed by atoms with Crippen molar-refractivity contribution in [3.05, 3.63) is 52.9 Å². The second-order valence-corrected chi connectivity index (χ2v) is 3.70. The predicted molar refractivity (Wildman–Crippen MR) is 66.8 cm³/mol. The van der Waals surface area contributed by atoms with Crippen molar-refractivity contribution in [3.8, 4) is 11.1 Å².